The van der Waals surface area contributed by atoms with Crippen molar-refractivity contribution < 1.29 is 9.47 Å². The summed E-state index contributed by atoms with van der Waals surface area (Å²) in [6.45, 7) is 0.767. The minimum absolute atomic E-state index is 0.396. The summed E-state index contributed by atoms with van der Waals surface area (Å²) in [4.78, 5) is 0. The van der Waals surface area contributed by atoms with Crippen LogP contribution in [0.1, 0.15) is 23.1 Å². The predicted molar refractivity (Wildman–Crippen MR) is 98.7 cm³/mol. The van der Waals surface area contributed by atoms with Crippen molar-refractivity contribution in [2.45, 2.75) is 31.8 Å². The molecule has 0 amide bonds. The van der Waals surface area contributed by atoms with Gasteiger partial charge in [0.1, 0.15) is 11.5 Å². The third-order valence-electron chi connectivity index (χ3n) is 4.56. The summed E-state index contributed by atoms with van der Waals surface area (Å²) in [5, 5.41) is 4.80. The van der Waals surface area contributed by atoms with Gasteiger partial charge in [-0.15, -0.1) is 0 Å². The van der Waals surface area contributed by atoms with Crippen LogP contribution in [0, 0.1) is 0 Å². The summed E-state index contributed by atoms with van der Waals surface area (Å²) in [5.74, 6) is 1.89. The zero-order chi connectivity index (χ0) is 17.1. The van der Waals surface area contributed by atoms with Crippen LogP contribution in [0.5, 0.6) is 11.5 Å². The highest BCUT2D eigenvalue weighted by Crippen LogP contribution is 2.36. The predicted octanol–water partition coefficient (Wildman–Crippen LogP) is 4.66. The van der Waals surface area contributed by atoms with E-state index in [1.54, 1.807) is 14.2 Å². The SMILES string of the molecule is COc1ccc(OC)c2c1CCC(NCc1ccc(Cl)c(Cl)c1)C2. The first-order valence-electron chi connectivity index (χ1n) is 8.02. The average Bonchev–Trinajstić information content (AvgIpc) is 2.61. The second-order valence-electron chi connectivity index (χ2n) is 6.00. The van der Waals surface area contributed by atoms with Gasteiger partial charge in [-0.25, -0.2) is 0 Å². The van der Waals surface area contributed by atoms with E-state index in [-0.39, 0.29) is 0 Å². The molecule has 0 saturated heterocycles. The molecule has 3 rings (SSSR count). The molecule has 2 aromatic carbocycles. The number of hydrogen-bond donors (Lipinski definition) is 1. The quantitative estimate of drug-likeness (QED) is 0.835. The van der Waals surface area contributed by atoms with Crippen LogP contribution in [0.3, 0.4) is 0 Å². The van der Waals surface area contributed by atoms with Crippen molar-refractivity contribution in [3.8, 4) is 11.5 Å². The number of benzene rings is 2. The Morgan fingerprint density at radius 2 is 1.71 bits per heavy atom. The Balaban J connectivity index is 1.71. The molecule has 2 aromatic rings. The molecule has 128 valence electrons. The van der Waals surface area contributed by atoms with Gasteiger partial charge in [0.25, 0.3) is 0 Å². The highest BCUT2D eigenvalue weighted by Gasteiger charge is 2.24. The van der Waals surface area contributed by atoms with E-state index in [1.807, 2.05) is 30.3 Å². The van der Waals surface area contributed by atoms with Gasteiger partial charge in [-0.2, -0.15) is 0 Å². The molecule has 0 bridgehead atoms. The van der Waals surface area contributed by atoms with E-state index in [0.717, 1.165) is 42.9 Å². The molecule has 0 saturated carbocycles. The molecule has 1 aliphatic rings. The fraction of sp³-hybridized carbons (Fsp3) is 0.368. The molecule has 1 unspecified atom stereocenters. The zero-order valence-electron chi connectivity index (χ0n) is 13.9. The summed E-state index contributed by atoms with van der Waals surface area (Å²) < 4.78 is 11.0. The van der Waals surface area contributed by atoms with Crippen LogP contribution in [0.2, 0.25) is 10.0 Å². The van der Waals surface area contributed by atoms with Crippen LogP contribution >= 0.6 is 23.2 Å². The first-order valence-corrected chi connectivity index (χ1v) is 8.78. The van der Waals surface area contributed by atoms with E-state index in [4.69, 9.17) is 32.7 Å². The van der Waals surface area contributed by atoms with E-state index < -0.39 is 0 Å². The Morgan fingerprint density at radius 1 is 1.00 bits per heavy atom. The third kappa shape index (κ3) is 3.64. The van der Waals surface area contributed by atoms with Gasteiger partial charge in [0, 0.05) is 23.7 Å². The van der Waals surface area contributed by atoms with Crippen molar-refractivity contribution in [1.29, 1.82) is 0 Å². The highest BCUT2D eigenvalue weighted by atomic mass is 35.5. The van der Waals surface area contributed by atoms with Crippen molar-refractivity contribution in [3.05, 3.63) is 57.1 Å². The fourth-order valence-corrected chi connectivity index (χ4v) is 3.60. The van der Waals surface area contributed by atoms with Crippen LogP contribution in [-0.4, -0.2) is 20.3 Å². The van der Waals surface area contributed by atoms with Crippen molar-refractivity contribution in [2.24, 2.45) is 0 Å². The number of methoxy groups -OCH3 is 2. The van der Waals surface area contributed by atoms with Gasteiger partial charge in [0.05, 0.1) is 24.3 Å². The van der Waals surface area contributed by atoms with E-state index in [1.165, 1.54) is 11.1 Å². The first kappa shape index (κ1) is 17.4. The van der Waals surface area contributed by atoms with Crippen molar-refractivity contribution in [3.63, 3.8) is 0 Å². The minimum atomic E-state index is 0.396. The molecule has 0 fully saturated rings. The molecule has 1 atom stereocenters. The molecule has 5 heteroatoms. The van der Waals surface area contributed by atoms with Gasteiger partial charge in [-0.3, -0.25) is 0 Å². The van der Waals surface area contributed by atoms with E-state index in [9.17, 15) is 0 Å². The molecule has 0 aromatic heterocycles. The molecular weight excluding hydrogens is 345 g/mol. The van der Waals surface area contributed by atoms with Crippen LogP contribution in [0.15, 0.2) is 30.3 Å². The topological polar surface area (TPSA) is 30.5 Å². The molecule has 24 heavy (non-hydrogen) atoms. The monoisotopic (exact) mass is 365 g/mol. The lowest BCUT2D eigenvalue weighted by molar-refractivity contribution is 0.376. The number of rotatable bonds is 5. The average molecular weight is 366 g/mol. The smallest absolute Gasteiger partial charge is 0.122 e. The maximum atomic E-state index is 6.09. The third-order valence-corrected chi connectivity index (χ3v) is 5.30. The Labute approximate surface area is 152 Å². The summed E-state index contributed by atoms with van der Waals surface area (Å²) in [6, 6.07) is 10.1. The van der Waals surface area contributed by atoms with Crippen molar-refractivity contribution >= 4 is 23.2 Å². The number of ether oxygens (including phenoxy) is 2. The maximum absolute atomic E-state index is 6.09. The minimum Gasteiger partial charge on any atom is -0.496 e. The highest BCUT2D eigenvalue weighted by molar-refractivity contribution is 6.42. The van der Waals surface area contributed by atoms with Gasteiger partial charge in [-0.1, -0.05) is 29.3 Å². The second kappa shape index (κ2) is 7.64. The number of halogens is 2. The number of fused-ring (bicyclic) bond motifs is 1. The Morgan fingerprint density at radius 3 is 2.38 bits per heavy atom. The summed E-state index contributed by atoms with van der Waals surface area (Å²) in [6.07, 6.45) is 2.98. The van der Waals surface area contributed by atoms with Gasteiger partial charge >= 0.3 is 0 Å². The lowest BCUT2D eigenvalue weighted by atomic mass is 9.87. The van der Waals surface area contributed by atoms with Crippen LogP contribution in [-0.2, 0) is 19.4 Å². The van der Waals surface area contributed by atoms with Gasteiger partial charge in [0.2, 0.25) is 0 Å². The first-order chi connectivity index (χ1) is 11.6. The Kier molecular flexibility index (Phi) is 5.54. The summed E-state index contributed by atoms with van der Waals surface area (Å²) in [7, 11) is 3.44. The van der Waals surface area contributed by atoms with Gasteiger partial charge in [-0.05, 0) is 49.1 Å². The normalized spacial score (nSPS) is 16.6. The summed E-state index contributed by atoms with van der Waals surface area (Å²) >= 11 is 12.1. The number of nitrogens with one attached hydrogen (secondary N) is 1. The van der Waals surface area contributed by atoms with E-state index >= 15 is 0 Å². The van der Waals surface area contributed by atoms with Crippen LogP contribution < -0.4 is 14.8 Å². The van der Waals surface area contributed by atoms with Gasteiger partial charge in [0.15, 0.2) is 0 Å². The molecule has 0 heterocycles. The molecule has 0 spiro atoms. The maximum Gasteiger partial charge on any atom is 0.122 e. The van der Waals surface area contributed by atoms with Crippen LogP contribution in [0.4, 0.5) is 0 Å². The Hall–Kier alpha value is -1.42. The van der Waals surface area contributed by atoms with Gasteiger partial charge < -0.3 is 14.8 Å². The zero-order valence-corrected chi connectivity index (χ0v) is 15.4. The van der Waals surface area contributed by atoms with E-state index in [2.05, 4.69) is 5.32 Å². The summed E-state index contributed by atoms with van der Waals surface area (Å²) in [5.41, 5.74) is 3.65. The molecule has 1 N–H and O–H groups in total. The second-order valence-corrected chi connectivity index (χ2v) is 6.81. The largest absolute Gasteiger partial charge is 0.496 e. The number of hydrogen-bond acceptors (Lipinski definition) is 3. The lowest BCUT2D eigenvalue weighted by Crippen LogP contribution is -2.34. The fourth-order valence-electron chi connectivity index (χ4n) is 3.28. The molecule has 0 aliphatic heterocycles. The molecule has 3 nitrogen and oxygen atoms in total. The molecule has 0 radical (unpaired) electrons. The van der Waals surface area contributed by atoms with E-state index in [0.29, 0.717) is 16.1 Å². The lowest BCUT2D eigenvalue weighted by Gasteiger charge is -2.28. The molecule has 1 aliphatic carbocycles. The standard InChI is InChI=1S/C19H21Cl2NO2/c1-23-18-7-8-19(24-2)15-10-13(4-5-14(15)18)22-11-12-3-6-16(20)17(21)9-12/h3,6-9,13,22H,4-5,10-11H2,1-2H3. The Bertz CT molecular complexity index is 734. The van der Waals surface area contributed by atoms with Crippen LogP contribution in [0.25, 0.3) is 0 Å². The van der Waals surface area contributed by atoms with Crippen molar-refractivity contribution in [2.75, 3.05) is 14.2 Å². The van der Waals surface area contributed by atoms with Crippen molar-refractivity contribution in [1.82, 2.24) is 5.32 Å². The molecular formula is C19H21Cl2NO2.